The van der Waals surface area contributed by atoms with Gasteiger partial charge in [0.25, 0.3) is 0 Å². The highest BCUT2D eigenvalue weighted by atomic mass is 32.2. The molecular formula is C20H20FN3O5S. The lowest BCUT2D eigenvalue weighted by Crippen LogP contribution is -2.38. The first-order chi connectivity index (χ1) is 14.3. The predicted octanol–water partition coefficient (Wildman–Crippen LogP) is 1.83. The number of aldehydes is 1. The van der Waals surface area contributed by atoms with E-state index in [0.717, 1.165) is 29.7 Å². The standard InChI is InChI=1S/C20H20FN3O5S/c1-29-19(26)11-14-12-24(20-18(14)3-2-9-22-20)13-16(8-10-25)23-30(27,28)17-6-4-15(21)5-7-17/h2-7,9-10,12,16,23H,8,11,13H2,1H3. The summed E-state index contributed by atoms with van der Waals surface area (Å²) in [6.45, 7) is 0.105. The van der Waals surface area contributed by atoms with Crippen molar-refractivity contribution in [3.05, 3.63) is 60.2 Å². The van der Waals surface area contributed by atoms with Crippen LogP contribution in [0.4, 0.5) is 4.39 Å². The van der Waals surface area contributed by atoms with E-state index in [1.54, 1.807) is 29.1 Å². The van der Waals surface area contributed by atoms with Crippen molar-refractivity contribution in [2.45, 2.75) is 30.3 Å². The first-order valence-electron chi connectivity index (χ1n) is 9.05. The highest BCUT2D eigenvalue weighted by Gasteiger charge is 2.22. The molecule has 30 heavy (non-hydrogen) atoms. The molecule has 3 rings (SSSR count). The number of hydrogen-bond acceptors (Lipinski definition) is 6. The van der Waals surface area contributed by atoms with Gasteiger partial charge in [-0.25, -0.2) is 22.5 Å². The van der Waals surface area contributed by atoms with Gasteiger partial charge in [-0.05, 0) is 42.0 Å². The summed E-state index contributed by atoms with van der Waals surface area (Å²) in [6.07, 6.45) is 3.84. The lowest BCUT2D eigenvalue weighted by Gasteiger charge is -2.18. The zero-order valence-corrected chi connectivity index (χ0v) is 16.9. The Balaban J connectivity index is 1.89. The molecule has 8 nitrogen and oxygen atoms in total. The molecule has 0 aliphatic heterocycles. The molecule has 1 atom stereocenters. The highest BCUT2D eigenvalue weighted by molar-refractivity contribution is 7.89. The highest BCUT2D eigenvalue weighted by Crippen LogP contribution is 2.21. The lowest BCUT2D eigenvalue weighted by atomic mass is 10.1. The molecule has 1 aromatic carbocycles. The van der Waals surface area contributed by atoms with Gasteiger partial charge in [0.1, 0.15) is 17.8 Å². The van der Waals surface area contributed by atoms with Gasteiger partial charge >= 0.3 is 5.97 Å². The number of esters is 1. The van der Waals surface area contributed by atoms with E-state index in [2.05, 4.69) is 9.71 Å². The number of benzene rings is 1. The van der Waals surface area contributed by atoms with Gasteiger partial charge in [-0.1, -0.05) is 0 Å². The van der Waals surface area contributed by atoms with E-state index in [1.807, 2.05) is 0 Å². The third kappa shape index (κ3) is 4.89. The Morgan fingerprint density at radius 3 is 2.70 bits per heavy atom. The van der Waals surface area contributed by atoms with Crippen molar-refractivity contribution in [3.8, 4) is 0 Å². The number of halogens is 1. The number of nitrogens with one attached hydrogen (secondary N) is 1. The van der Waals surface area contributed by atoms with Gasteiger partial charge in [0.2, 0.25) is 10.0 Å². The number of hydrogen-bond donors (Lipinski definition) is 1. The summed E-state index contributed by atoms with van der Waals surface area (Å²) in [4.78, 5) is 27.1. The fourth-order valence-corrected chi connectivity index (χ4v) is 4.36. The van der Waals surface area contributed by atoms with Crippen molar-refractivity contribution in [2.24, 2.45) is 0 Å². The molecule has 1 N–H and O–H groups in total. The van der Waals surface area contributed by atoms with Crippen molar-refractivity contribution in [3.63, 3.8) is 0 Å². The van der Waals surface area contributed by atoms with Gasteiger partial charge < -0.3 is 14.1 Å². The maximum Gasteiger partial charge on any atom is 0.310 e. The summed E-state index contributed by atoms with van der Waals surface area (Å²) in [5.74, 6) is -0.972. The average Bonchev–Trinajstić information content (AvgIpc) is 3.05. The minimum Gasteiger partial charge on any atom is -0.469 e. The molecule has 1 unspecified atom stereocenters. The number of carbonyl (C=O) groups is 2. The van der Waals surface area contributed by atoms with E-state index in [1.165, 1.54) is 7.11 Å². The molecule has 0 aliphatic rings. The van der Waals surface area contributed by atoms with E-state index in [4.69, 9.17) is 4.74 Å². The minimum absolute atomic E-state index is 0.0331. The number of nitrogens with zero attached hydrogens (tertiary/aromatic N) is 2. The fourth-order valence-electron chi connectivity index (χ4n) is 3.12. The smallest absolute Gasteiger partial charge is 0.310 e. The molecule has 0 saturated carbocycles. The van der Waals surface area contributed by atoms with Crippen LogP contribution in [0.1, 0.15) is 12.0 Å². The Morgan fingerprint density at radius 2 is 2.03 bits per heavy atom. The van der Waals surface area contributed by atoms with Crippen LogP contribution in [-0.4, -0.2) is 43.4 Å². The molecule has 0 radical (unpaired) electrons. The van der Waals surface area contributed by atoms with Gasteiger partial charge in [0.05, 0.1) is 18.4 Å². The summed E-state index contributed by atoms with van der Waals surface area (Å²) >= 11 is 0. The molecule has 0 amide bonds. The van der Waals surface area contributed by atoms with E-state index in [9.17, 15) is 22.4 Å². The van der Waals surface area contributed by atoms with Crippen LogP contribution in [0.15, 0.2) is 53.7 Å². The number of rotatable bonds is 9. The van der Waals surface area contributed by atoms with E-state index in [0.29, 0.717) is 17.5 Å². The number of fused-ring (bicyclic) bond motifs is 1. The van der Waals surface area contributed by atoms with E-state index < -0.39 is 27.9 Å². The molecule has 3 aromatic rings. The molecule has 0 saturated heterocycles. The SMILES string of the molecule is COC(=O)Cc1cn(CC(CC=O)NS(=O)(=O)c2ccc(F)cc2)c2ncccc12. The maximum absolute atomic E-state index is 13.1. The molecular weight excluding hydrogens is 413 g/mol. The molecule has 0 bridgehead atoms. The largest absolute Gasteiger partial charge is 0.469 e. The van der Waals surface area contributed by atoms with Crippen molar-refractivity contribution in [1.29, 1.82) is 0 Å². The van der Waals surface area contributed by atoms with E-state index in [-0.39, 0.29) is 24.3 Å². The van der Waals surface area contributed by atoms with Gasteiger partial charge in [0.15, 0.2) is 0 Å². The molecule has 0 spiro atoms. The number of aromatic nitrogens is 2. The third-order valence-corrected chi connectivity index (χ3v) is 6.06. The fraction of sp³-hybridized carbons (Fsp3) is 0.250. The second-order valence-electron chi connectivity index (χ2n) is 6.61. The Hall–Kier alpha value is -3.11. The van der Waals surface area contributed by atoms with Crippen LogP contribution in [0.5, 0.6) is 0 Å². The summed E-state index contributed by atoms with van der Waals surface area (Å²) in [5.41, 5.74) is 1.23. The maximum atomic E-state index is 13.1. The molecule has 158 valence electrons. The van der Waals surface area contributed by atoms with Crippen LogP contribution in [0.2, 0.25) is 0 Å². The van der Waals surface area contributed by atoms with Crippen LogP contribution in [0.25, 0.3) is 11.0 Å². The van der Waals surface area contributed by atoms with Crippen molar-refractivity contribution < 1.29 is 27.1 Å². The molecule has 2 aromatic heterocycles. The van der Waals surface area contributed by atoms with Gasteiger partial charge in [-0.15, -0.1) is 0 Å². The van der Waals surface area contributed by atoms with Gasteiger partial charge in [-0.3, -0.25) is 4.79 Å². The Morgan fingerprint density at radius 1 is 1.30 bits per heavy atom. The Kier molecular flexibility index (Phi) is 6.58. The van der Waals surface area contributed by atoms with Gasteiger partial charge in [0, 0.05) is 36.8 Å². The first-order valence-corrected chi connectivity index (χ1v) is 10.5. The summed E-state index contributed by atoms with van der Waals surface area (Å²) in [7, 11) is -2.68. The van der Waals surface area contributed by atoms with Crippen molar-refractivity contribution in [1.82, 2.24) is 14.3 Å². The quantitative estimate of drug-likeness (QED) is 0.408. The molecule has 2 heterocycles. The number of methoxy groups -OCH3 is 1. The summed E-state index contributed by atoms with van der Waals surface area (Å²) in [5, 5.41) is 0.731. The zero-order valence-electron chi connectivity index (χ0n) is 16.1. The number of sulfonamides is 1. The van der Waals surface area contributed by atoms with E-state index >= 15 is 0 Å². The summed E-state index contributed by atoms with van der Waals surface area (Å²) in [6, 6.07) is 7.15. The monoisotopic (exact) mass is 433 g/mol. The second kappa shape index (κ2) is 9.14. The number of ether oxygens (including phenoxy) is 1. The average molecular weight is 433 g/mol. The second-order valence-corrected chi connectivity index (χ2v) is 8.32. The van der Waals surface area contributed by atoms with Crippen LogP contribution >= 0.6 is 0 Å². The predicted molar refractivity (Wildman–Crippen MR) is 107 cm³/mol. The molecule has 10 heteroatoms. The number of pyridine rings is 1. The van der Waals surface area contributed by atoms with Crippen LogP contribution in [-0.2, 0) is 37.3 Å². The van der Waals surface area contributed by atoms with Gasteiger partial charge in [-0.2, -0.15) is 0 Å². The Labute approximate surface area is 172 Å². The lowest BCUT2D eigenvalue weighted by molar-refractivity contribution is -0.139. The van der Waals surface area contributed by atoms with Crippen molar-refractivity contribution in [2.75, 3.05) is 7.11 Å². The van der Waals surface area contributed by atoms with Crippen LogP contribution < -0.4 is 4.72 Å². The minimum atomic E-state index is -3.97. The normalized spacial score (nSPS) is 12.6. The van der Waals surface area contributed by atoms with Crippen LogP contribution in [0.3, 0.4) is 0 Å². The number of carbonyl (C=O) groups excluding carboxylic acids is 2. The summed E-state index contributed by atoms with van der Waals surface area (Å²) < 4.78 is 47.3. The third-order valence-electron chi connectivity index (χ3n) is 4.52. The topological polar surface area (TPSA) is 107 Å². The first kappa shape index (κ1) is 21.6. The van der Waals surface area contributed by atoms with Crippen LogP contribution in [0, 0.1) is 5.82 Å². The molecule has 0 aliphatic carbocycles. The zero-order chi connectivity index (χ0) is 21.7. The Bertz CT molecular complexity index is 1160. The molecule has 0 fully saturated rings. The van der Waals surface area contributed by atoms with Crippen molar-refractivity contribution >= 4 is 33.3 Å².